The molecule has 0 saturated heterocycles. The molecular formula is CH2CuMnO3. The van der Waals surface area contributed by atoms with Crippen LogP contribution in [-0.2, 0) is 34.1 Å². The molecule has 0 amide bonds. The van der Waals surface area contributed by atoms with Crippen LogP contribution in [-0.4, -0.2) is 16.4 Å². The van der Waals surface area contributed by atoms with Gasteiger partial charge in [0.25, 0.3) is 0 Å². The molecule has 0 aliphatic rings. The summed E-state index contributed by atoms with van der Waals surface area (Å²) in [6, 6.07) is 0. The van der Waals surface area contributed by atoms with E-state index in [1.165, 1.54) is 0 Å². The Balaban J connectivity index is -0.0000000450. The fourth-order valence-corrected chi connectivity index (χ4v) is 0. The van der Waals surface area contributed by atoms with Crippen LogP contribution in [0, 0.1) is 0 Å². The van der Waals surface area contributed by atoms with Crippen molar-refractivity contribution in [2.24, 2.45) is 0 Å². The van der Waals surface area contributed by atoms with Gasteiger partial charge in [0.05, 0.1) is 0 Å². The maximum Gasteiger partial charge on any atom is 0.503 e. The van der Waals surface area contributed by atoms with Gasteiger partial charge in [-0.05, 0) is 0 Å². The van der Waals surface area contributed by atoms with Gasteiger partial charge in [0.2, 0.25) is 0 Å². The molecule has 0 heterocycles. The van der Waals surface area contributed by atoms with Gasteiger partial charge in [-0.3, -0.25) is 0 Å². The molecule has 0 aliphatic carbocycles. The van der Waals surface area contributed by atoms with Crippen LogP contribution < -0.4 is 0 Å². The van der Waals surface area contributed by atoms with E-state index in [1.54, 1.807) is 0 Å². The molecule has 2 N–H and O–H groups in total. The molecule has 0 saturated carbocycles. The molecule has 0 aromatic rings. The molecule has 0 unspecified atom stereocenters. The first-order valence-corrected chi connectivity index (χ1v) is 0.651. The minimum atomic E-state index is -1.83. The molecular weight excluding hydrogens is 178 g/mol. The summed E-state index contributed by atoms with van der Waals surface area (Å²) in [7, 11) is 0. The number of hydrogen-bond acceptors (Lipinski definition) is 1. The minimum absolute atomic E-state index is 0. The molecule has 0 aliphatic heterocycles. The van der Waals surface area contributed by atoms with Crippen molar-refractivity contribution in [1.29, 1.82) is 0 Å². The van der Waals surface area contributed by atoms with E-state index in [4.69, 9.17) is 15.0 Å². The van der Waals surface area contributed by atoms with Crippen LogP contribution in [0.25, 0.3) is 0 Å². The summed E-state index contributed by atoms with van der Waals surface area (Å²) in [6.07, 6.45) is -1.83. The van der Waals surface area contributed by atoms with Crippen molar-refractivity contribution in [2.75, 3.05) is 0 Å². The van der Waals surface area contributed by atoms with Gasteiger partial charge in [-0.1, -0.05) is 0 Å². The number of carbonyl (C=O) groups is 1. The van der Waals surface area contributed by atoms with Crippen LogP contribution in [0.15, 0.2) is 0 Å². The molecule has 0 rings (SSSR count). The minimum Gasteiger partial charge on any atom is -0.450 e. The number of carboxylic acid groups (broad SMARTS) is 2. The summed E-state index contributed by atoms with van der Waals surface area (Å²) in [5.41, 5.74) is 0. The number of hydrogen-bond donors (Lipinski definition) is 2. The Morgan fingerprint density at radius 1 is 1.33 bits per heavy atom. The van der Waals surface area contributed by atoms with Gasteiger partial charge in [0.15, 0.2) is 0 Å². The van der Waals surface area contributed by atoms with Gasteiger partial charge in [0.1, 0.15) is 0 Å². The third-order valence-electron chi connectivity index (χ3n) is 0. The van der Waals surface area contributed by atoms with Gasteiger partial charge in [-0.15, -0.1) is 0 Å². The monoisotopic (exact) mass is 180 g/mol. The van der Waals surface area contributed by atoms with Gasteiger partial charge in [-0.2, -0.15) is 0 Å². The van der Waals surface area contributed by atoms with Crippen molar-refractivity contribution >= 4 is 6.16 Å². The fraction of sp³-hybridized carbons (Fsp3) is 0. The molecule has 0 spiro atoms. The quantitative estimate of drug-likeness (QED) is 0.524. The Labute approximate surface area is 55.7 Å². The fourth-order valence-electron chi connectivity index (χ4n) is 0. The topological polar surface area (TPSA) is 57.5 Å². The van der Waals surface area contributed by atoms with E-state index in [0.717, 1.165) is 0 Å². The third-order valence-corrected chi connectivity index (χ3v) is 0. The van der Waals surface area contributed by atoms with E-state index >= 15 is 0 Å². The first-order valence-electron chi connectivity index (χ1n) is 0.651. The SMILES string of the molecule is O=C(O)O.[Cu].[Mn]. The van der Waals surface area contributed by atoms with E-state index in [-0.39, 0.29) is 34.1 Å². The average molecular weight is 181 g/mol. The summed E-state index contributed by atoms with van der Waals surface area (Å²) in [5.74, 6) is 0. The van der Waals surface area contributed by atoms with E-state index < -0.39 is 6.16 Å². The second kappa shape index (κ2) is 9.00. The molecule has 0 fully saturated rings. The Bertz CT molecular complexity index is 33.8. The van der Waals surface area contributed by atoms with Crippen LogP contribution in [0.2, 0.25) is 0 Å². The zero-order valence-corrected chi connectivity index (χ0v) is 4.60. The summed E-state index contributed by atoms with van der Waals surface area (Å²) < 4.78 is 0. The Hall–Kier alpha value is 0.309. The van der Waals surface area contributed by atoms with Crippen molar-refractivity contribution in [3.05, 3.63) is 0 Å². The molecule has 0 atom stereocenters. The van der Waals surface area contributed by atoms with E-state index in [1.807, 2.05) is 0 Å². The summed E-state index contributed by atoms with van der Waals surface area (Å²) in [6.45, 7) is 0. The zero-order valence-electron chi connectivity index (χ0n) is 2.48. The van der Waals surface area contributed by atoms with E-state index in [0.29, 0.717) is 0 Å². The molecule has 42 valence electrons. The molecule has 6 heavy (non-hydrogen) atoms. The van der Waals surface area contributed by atoms with E-state index in [9.17, 15) is 0 Å². The first kappa shape index (κ1) is 16.2. The summed E-state index contributed by atoms with van der Waals surface area (Å²) >= 11 is 0. The predicted octanol–water partition coefficient (Wildman–Crippen LogP) is 0.217. The van der Waals surface area contributed by atoms with Crippen molar-refractivity contribution in [1.82, 2.24) is 0 Å². The number of rotatable bonds is 0. The Morgan fingerprint density at radius 2 is 1.33 bits per heavy atom. The second-order valence-corrected chi connectivity index (χ2v) is 0.283. The predicted molar refractivity (Wildman–Crippen MR) is 10.7 cm³/mol. The molecule has 3 nitrogen and oxygen atoms in total. The largest absolute Gasteiger partial charge is 0.503 e. The van der Waals surface area contributed by atoms with Crippen molar-refractivity contribution in [2.45, 2.75) is 0 Å². The van der Waals surface area contributed by atoms with Gasteiger partial charge in [0, 0.05) is 34.1 Å². The summed E-state index contributed by atoms with van der Waals surface area (Å²) in [4.78, 5) is 8.56. The molecule has 5 heteroatoms. The van der Waals surface area contributed by atoms with Crippen LogP contribution in [0.1, 0.15) is 0 Å². The van der Waals surface area contributed by atoms with Crippen molar-refractivity contribution in [3.8, 4) is 0 Å². The third kappa shape index (κ3) is 494. The molecule has 2 radical (unpaired) electrons. The second-order valence-electron chi connectivity index (χ2n) is 0.283. The Morgan fingerprint density at radius 3 is 1.33 bits per heavy atom. The van der Waals surface area contributed by atoms with Crippen LogP contribution in [0.4, 0.5) is 4.79 Å². The molecule has 0 bridgehead atoms. The van der Waals surface area contributed by atoms with Gasteiger partial charge in [-0.25, -0.2) is 4.79 Å². The molecule has 0 aromatic carbocycles. The van der Waals surface area contributed by atoms with Crippen LogP contribution in [0.3, 0.4) is 0 Å². The molecule has 0 aromatic heterocycles. The maximum atomic E-state index is 8.56. The summed E-state index contributed by atoms with van der Waals surface area (Å²) in [5, 5.41) is 13.9. The van der Waals surface area contributed by atoms with Crippen LogP contribution in [0.5, 0.6) is 0 Å². The standard InChI is InChI=1S/CH2O3.Cu.Mn/c2-1(3)4;;/h(H2,2,3,4);;. The van der Waals surface area contributed by atoms with Crippen molar-refractivity contribution < 1.29 is 49.1 Å². The normalized spacial score (nSPS) is 4.00. The van der Waals surface area contributed by atoms with Crippen molar-refractivity contribution in [3.63, 3.8) is 0 Å². The Kier molecular flexibility index (Phi) is 24.4. The maximum absolute atomic E-state index is 8.56. The van der Waals surface area contributed by atoms with Gasteiger partial charge >= 0.3 is 6.16 Å². The first-order chi connectivity index (χ1) is 1.73. The van der Waals surface area contributed by atoms with Crippen LogP contribution >= 0.6 is 0 Å². The zero-order chi connectivity index (χ0) is 3.58. The van der Waals surface area contributed by atoms with Gasteiger partial charge < -0.3 is 10.2 Å². The van der Waals surface area contributed by atoms with E-state index in [2.05, 4.69) is 0 Å². The smallest absolute Gasteiger partial charge is 0.450 e. The average Bonchev–Trinajstić information content (AvgIpc) is 0.811.